The smallest absolute Gasteiger partial charge is 0.0871 e. The van der Waals surface area contributed by atoms with E-state index in [-0.39, 0.29) is 6.10 Å². The van der Waals surface area contributed by atoms with Crippen molar-refractivity contribution in [1.29, 1.82) is 0 Å². The van der Waals surface area contributed by atoms with Crippen LogP contribution in [0.1, 0.15) is 30.9 Å². The highest BCUT2D eigenvalue weighted by Crippen LogP contribution is 2.55. The van der Waals surface area contributed by atoms with Crippen LogP contribution in [0.4, 0.5) is 0 Å². The van der Waals surface area contributed by atoms with Gasteiger partial charge in [0.25, 0.3) is 0 Å². The Balaban J connectivity index is 1.57. The molecule has 0 unspecified atom stereocenters. The number of likely N-dealkylation sites (tertiary alicyclic amines) is 1. The summed E-state index contributed by atoms with van der Waals surface area (Å²) in [6.07, 6.45) is 4.21. The zero-order chi connectivity index (χ0) is 14.2. The van der Waals surface area contributed by atoms with Crippen LogP contribution in [-0.2, 0) is 4.74 Å². The molecule has 0 radical (unpaired) electrons. The second-order valence-electron chi connectivity index (χ2n) is 6.84. The fourth-order valence-corrected chi connectivity index (χ4v) is 4.83. The van der Waals surface area contributed by atoms with Crippen molar-refractivity contribution in [2.45, 2.75) is 31.4 Å². The Hall–Kier alpha value is -0.900. The Morgan fingerprint density at radius 2 is 1.86 bits per heavy atom. The van der Waals surface area contributed by atoms with Crippen LogP contribution in [0.2, 0.25) is 0 Å². The molecule has 3 nitrogen and oxygen atoms in total. The summed E-state index contributed by atoms with van der Waals surface area (Å²) in [6.45, 7) is 3.53. The van der Waals surface area contributed by atoms with E-state index in [1.165, 1.54) is 37.9 Å². The molecule has 2 saturated heterocycles. The van der Waals surface area contributed by atoms with Crippen LogP contribution in [0, 0.1) is 17.8 Å². The lowest BCUT2D eigenvalue weighted by Gasteiger charge is -2.54. The average molecular weight is 287 g/mol. The third-order valence-corrected chi connectivity index (χ3v) is 5.85. The third-order valence-electron chi connectivity index (χ3n) is 5.85. The van der Waals surface area contributed by atoms with Crippen molar-refractivity contribution in [2.75, 3.05) is 26.3 Å². The number of ether oxygens (including phenoxy) is 1. The molecule has 21 heavy (non-hydrogen) atoms. The first-order valence-electron chi connectivity index (χ1n) is 8.41. The Kier molecular flexibility index (Phi) is 3.74. The number of aliphatic hydroxyl groups is 1. The Morgan fingerprint density at radius 1 is 1.10 bits per heavy atom. The molecule has 1 N–H and O–H groups in total. The Labute approximate surface area is 126 Å². The molecule has 1 saturated carbocycles. The molecule has 3 heteroatoms. The standard InChI is InChI=1S/C18H25NO2/c20-11-14-15-12-21-18(13-7-3-1-4-8-13)16(15)17(14)19-9-5-2-6-10-19/h1,3-4,7-8,14-18,20H,2,5-6,9-12H2/t14-,15-,16-,17+,18-/m0/s1. The van der Waals surface area contributed by atoms with Gasteiger partial charge >= 0.3 is 0 Å². The lowest BCUT2D eigenvalue weighted by molar-refractivity contribution is -0.0818. The molecule has 2 heterocycles. The molecule has 5 atom stereocenters. The molecule has 0 aromatic heterocycles. The first-order chi connectivity index (χ1) is 10.4. The summed E-state index contributed by atoms with van der Waals surface area (Å²) in [5.74, 6) is 1.54. The zero-order valence-corrected chi connectivity index (χ0v) is 12.5. The molecule has 0 amide bonds. The van der Waals surface area contributed by atoms with Crippen molar-refractivity contribution >= 4 is 0 Å². The van der Waals surface area contributed by atoms with Crippen LogP contribution in [0.15, 0.2) is 30.3 Å². The summed E-state index contributed by atoms with van der Waals surface area (Å²) in [7, 11) is 0. The normalized spacial score (nSPS) is 39.8. The SMILES string of the molecule is OC[C@H]1[C@@H]2CO[C@@H](c3ccccc3)[C@@H]2[C@@H]1N1CCCCC1. The van der Waals surface area contributed by atoms with Gasteiger partial charge in [0, 0.05) is 24.5 Å². The molecule has 4 rings (SSSR count). The highest BCUT2D eigenvalue weighted by Gasteiger charge is 2.59. The van der Waals surface area contributed by atoms with Crippen molar-refractivity contribution in [3.8, 4) is 0 Å². The van der Waals surface area contributed by atoms with E-state index in [0.29, 0.717) is 30.4 Å². The van der Waals surface area contributed by atoms with Crippen LogP contribution < -0.4 is 0 Å². The third kappa shape index (κ3) is 2.23. The van der Waals surface area contributed by atoms with Gasteiger partial charge in [-0.25, -0.2) is 0 Å². The van der Waals surface area contributed by atoms with Gasteiger partial charge in [0.1, 0.15) is 0 Å². The first-order valence-corrected chi connectivity index (χ1v) is 8.41. The maximum Gasteiger partial charge on any atom is 0.0871 e. The molecular formula is C18H25NO2. The van der Waals surface area contributed by atoms with Gasteiger partial charge in [-0.15, -0.1) is 0 Å². The van der Waals surface area contributed by atoms with Crippen molar-refractivity contribution in [1.82, 2.24) is 4.90 Å². The number of rotatable bonds is 3. The van der Waals surface area contributed by atoms with Crippen molar-refractivity contribution in [3.63, 3.8) is 0 Å². The molecule has 1 aromatic rings. The van der Waals surface area contributed by atoms with Gasteiger partial charge in [0.15, 0.2) is 0 Å². The predicted octanol–water partition coefficient (Wildman–Crippen LogP) is 2.47. The van der Waals surface area contributed by atoms with Gasteiger partial charge in [-0.1, -0.05) is 36.8 Å². The quantitative estimate of drug-likeness (QED) is 0.927. The van der Waals surface area contributed by atoms with E-state index < -0.39 is 0 Å². The van der Waals surface area contributed by atoms with Crippen LogP contribution >= 0.6 is 0 Å². The summed E-state index contributed by atoms with van der Waals surface area (Å²) in [5.41, 5.74) is 1.31. The van der Waals surface area contributed by atoms with E-state index in [2.05, 4.69) is 35.2 Å². The zero-order valence-electron chi connectivity index (χ0n) is 12.5. The topological polar surface area (TPSA) is 32.7 Å². The van der Waals surface area contributed by atoms with Crippen LogP contribution in [-0.4, -0.2) is 42.4 Å². The molecule has 3 aliphatic rings. The number of nitrogens with zero attached hydrogens (tertiary/aromatic N) is 1. The lowest BCUT2D eigenvalue weighted by Crippen LogP contribution is -2.62. The number of fused-ring (bicyclic) bond motifs is 1. The van der Waals surface area contributed by atoms with E-state index in [1.54, 1.807) is 0 Å². The maximum atomic E-state index is 9.81. The molecule has 1 aromatic carbocycles. The maximum absolute atomic E-state index is 9.81. The van der Waals surface area contributed by atoms with Crippen molar-refractivity contribution in [2.24, 2.45) is 17.8 Å². The molecular weight excluding hydrogens is 262 g/mol. The van der Waals surface area contributed by atoms with Crippen LogP contribution in [0.5, 0.6) is 0 Å². The van der Waals surface area contributed by atoms with Gasteiger partial charge in [0.2, 0.25) is 0 Å². The highest BCUT2D eigenvalue weighted by molar-refractivity contribution is 5.23. The largest absolute Gasteiger partial charge is 0.396 e. The fraction of sp³-hybridized carbons (Fsp3) is 0.667. The minimum Gasteiger partial charge on any atom is -0.396 e. The van der Waals surface area contributed by atoms with Crippen LogP contribution in [0.3, 0.4) is 0 Å². The van der Waals surface area contributed by atoms with E-state index in [0.717, 1.165) is 6.61 Å². The Morgan fingerprint density at radius 3 is 2.57 bits per heavy atom. The average Bonchev–Trinajstić information content (AvgIpc) is 2.89. The molecule has 114 valence electrons. The van der Waals surface area contributed by atoms with E-state index in [9.17, 15) is 5.11 Å². The minimum absolute atomic E-state index is 0.228. The van der Waals surface area contributed by atoms with E-state index in [1.807, 2.05) is 0 Å². The van der Waals surface area contributed by atoms with Gasteiger partial charge < -0.3 is 9.84 Å². The second kappa shape index (κ2) is 5.71. The predicted molar refractivity (Wildman–Crippen MR) is 81.9 cm³/mol. The molecule has 1 aliphatic carbocycles. The summed E-state index contributed by atoms with van der Waals surface area (Å²) in [5, 5.41) is 9.81. The minimum atomic E-state index is 0.228. The van der Waals surface area contributed by atoms with Crippen molar-refractivity contribution < 1.29 is 9.84 Å². The summed E-state index contributed by atoms with van der Waals surface area (Å²) >= 11 is 0. The van der Waals surface area contributed by atoms with Crippen LogP contribution in [0.25, 0.3) is 0 Å². The second-order valence-corrected chi connectivity index (χ2v) is 6.84. The number of benzene rings is 1. The number of hydrogen-bond acceptors (Lipinski definition) is 3. The summed E-state index contributed by atoms with van der Waals surface area (Å²) < 4.78 is 6.14. The van der Waals surface area contributed by atoms with E-state index >= 15 is 0 Å². The number of hydrogen-bond donors (Lipinski definition) is 1. The number of aliphatic hydroxyl groups excluding tert-OH is 1. The Bertz CT molecular complexity index is 471. The highest BCUT2D eigenvalue weighted by atomic mass is 16.5. The van der Waals surface area contributed by atoms with Gasteiger partial charge in [-0.3, -0.25) is 4.90 Å². The molecule has 2 aliphatic heterocycles. The monoisotopic (exact) mass is 287 g/mol. The fourth-order valence-electron chi connectivity index (χ4n) is 4.83. The van der Waals surface area contributed by atoms with Gasteiger partial charge in [0.05, 0.1) is 12.7 Å². The molecule has 3 fully saturated rings. The first kappa shape index (κ1) is 13.7. The van der Waals surface area contributed by atoms with Gasteiger partial charge in [-0.2, -0.15) is 0 Å². The summed E-state index contributed by atoms with van der Waals surface area (Å²) in [6, 6.07) is 11.2. The molecule has 0 bridgehead atoms. The summed E-state index contributed by atoms with van der Waals surface area (Å²) in [4.78, 5) is 2.64. The molecule has 0 spiro atoms. The number of piperidine rings is 1. The lowest BCUT2D eigenvalue weighted by atomic mass is 9.59. The van der Waals surface area contributed by atoms with Gasteiger partial charge in [-0.05, 0) is 37.4 Å². The van der Waals surface area contributed by atoms with E-state index in [4.69, 9.17) is 4.74 Å². The van der Waals surface area contributed by atoms with Crippen molar-refractivity contribution in [3.05, 3.63) is 35.9 Å².